The third-order valence-corrected chi connectivity index (χ3v) is 5.20. The molecule has 1 atom stereocenters. The van der Waals surface area contributed by atoms with Crippen LogP contribution in [0, 0.1) is 0 Å². The highest BCUT2D eigenvalue weighted by molar-refractivity contribution is 5.77. The fraction of sp³-hybridized carbons (Fsp3) is 0.462. The number of rotatable bonds is 11. The Morgan fingerprint density at radius 3 is 2.47 bits per heavy atom. The van der Waals surface area contributed by atoms with Gasteiger partial charge in [0.2, 0.25) is 0 Å². The molecule has 0 fully saturated rings. The second kappa shape index (κ2) is 11.7. The highest BCUT2D eigenvalue weighted by Crippen LogP contribution is 2.22. The van der Waals surface area contributed by atoms with Crippen molar-refractivity contribution < 1.29 is 23.8 Å². The molecular weight excluding hydrogens is 408 g/mol. The van der Waals surface area contributed by atoms with Crippen LogP contribution in [-0.4, -0.2) is 29.4 Å². The van der Waals surface area contributed by atoms with Crippen molar-refractivity contribution in [3.8, 4) is 5.75 Å². The van der Waals surface area contributed by atoms with Gasteiger partial charge in [-0.15, -0.1) is 0 Å². The van der Waals surface area contributed by atoms with Crippen LogP contribution >= 0.6 is 0 Å². The van der Waals surface area contributed by atoms with Gasteiger partial charge in [-0.2, -0.15) is 0 Å². The van der Waals surface area contributed by atoms with Gasteiger partial charge < -0.3 is 19.0 Å². The Kier molecular flexibility index (Phi) is 9.27. The normalized spacial score (nSPS) is 13.8. The molecule has 6 heteroatoms. The van der Waals surface area contributed by atoms with E-state index < -0.39 is 11.7 Å². The van der Waals surface area contributed by atoms with E-state index in [1.54, 1.807) is 26.0 Å². The molecule has 2 rings (SSSR count). The first kappa shape index (κ1) is 25.4. The maximum Gasteiger partial charge on any atom is 0.336 e. The Bertz CT molecular complexity index is 1020. The zero-order valence-corrected chi connectivity index (χ0v) is 19.6. The van der Waals surface area contributed by atoms with E-state index in [1.807, 2.05) is 18.2 Å². The lowest BCUT2D eigenvalue weighted by atomic mass is 9.95. The summed E-state index contributed by atoms with van der Waals surface area (Å²) in [5, 5.41) is 11.0. The number of carbonyl (C=O) groups excluding carboxylic acids is 1. The predicted octanol–water partition coefficient (Wildman–Crippen LogP) is 5.33. The topological polar surface area (TPSA) is 86.0 Å². The predicted molar refractivity (Wildman–Crippen MR) is 126 cm³/mol. The van der Waals surface area contributed by atoms with E-state index in [2.05, 4.69) is 19.9 Å². The van der Waals surface area contributed by atoms with Crippen LogP contribution in [-0.2, 0) is 9.53 Å². The van der Waals surface area contributed by atoms with Gasteiger partial charge in [0.25, 0.3) is 0 Å². The fourth-order valence-corrected chi connectivity index (χ4v) is 3.28. The van der Waals surface area contributed by atoms with Gasteiger partial charge in [-0.05, 0) is 77.7 Å². The molecular formula is C26H34O6. The molecule has 6 nitrogen and oxygen atoms in total. The van der Waals surface area contributed by atoms with Crippen molar-refractivity contribution in [2.24, 2.45) is 0 Å². The summed E-state index contributed by atoms with van der Waals surface area (Å²) in [5.41, 5.74) is 1.48. The fourth-order valence-electron chi connectivity index (χ4n) is 3.28. The zero-order valence-electron chi connectivity index (χ0n) is 19.6. The molecule has 0 aliphatic heterocycles. The molecule has 0 spiro atoms. The Balaban J connectivity index is 1.78. The third-order valence-electron chi connectivity index (χ3n) is 5.20. The van der Waals surface area contributed by atoms with Crippen LogP contribution < -0.4 is 10.4 Å². The molecule has 0 aliphatic carbocycles. The van der Waals surface area contributed by atoms with Gasteiger partial charge in [-0.3, -0.25) is 4.79 Å². The van der Waals surface area contributed by atoms with Crippen LogP contribution in [0.1, 0.15) is 60.3 Å². The van der Waals surface area contributed by atoms with E-state index in [4.69, 9.17) is 13.9 Å². The van der Waals surface area contributed by atoms with Gasteiger partial charge >= 0.3 is 11.6 Å². The number of aliphatic hydroxyl groups is 1. The summed E-state index contributed by atoms with van der Waals surface area (Å²) in [4.78, 5) is 22.6. The minimum absolute atomic E-state index is 0.379. The van der Waals surface area contributed by atoms with Gasteiger partial charge in [0.15, 0.2) is 0 Å². The van der Waals surface area contributed by atoms with Crippen LogP contribution in [0.2, 0.25) is 0 Å². The molecule has 1 heterocycles. The van der Waals surface area contributed by atoms with Crippen LogP contribution in [0.4, 0.5) is 0 Å². The minimum atomic E-state index is -1.07. The smallest absolute Gasteiger partial charge is 0.336 e. The molecule has 0 saturated heterocycles. The molecule has 0 bridgehead atoms. The molecule has 174 valence electrons. The summed E-state index contributed by atoms with van der Waals surface area (Å²) in [6, 6.07) is 8.57. The maximum atomic E-state index is 11.4. The molecule has 0 radical (unpaired) electrons. The van der Waals surface area contributed by atoms with Crippen molar-refractivity contribution in [1.82, 2.24) is 0 Å². The van der Waals surface area contributed by atoms with Crippen molar-refractivity contribution in [2.75, 3.05) is 6.61 Å². The lowest BCUT2D eigenvalue weighted by molar-refractivity contribution is -0.159. The Morgan fingerprint density at radius 1 is 1.09 bits per heavy atom. The molecule has 1 aromatic heterocycles. The van der Waals surface area contributed by atoms with E-state index in [0.29, 0.717) is 24.4 Å². The number of allylic oxidation sites excluding steroid dienone is 3. The number of carbonyl (C=O) groups is 1. The average Bonchev–Trinajstić information content (AvgIpc) is 2.69. The zero-order chi connectivity index (χ0) is 23.7. The summed E-state index contributed by atoms with van der Waals surface area (Å²) in [7, 11) is 0. The summed E-state index contributed by atoms with van der Waals surface area (Å²) in [6.45, 7) is 9.23. The SMILES string of the molecule is CC(=O)OC(CCC(C)=CCCC(C)=CCOc1ccc2ccc(=O)oc2c1)C(C)(C)O. The van der Waals surface area contributed by atoms with Crippen molar-refractivity contribution in [2.45, 2.75) is 72.0 Å². The number of esters is 1. The van der Waals surface area contributed by atoms with Gasteiger partial charge in [0, 0.05) is 24.4 Å². The molecule has 0 aliphatic rings. The third kappa shape index (κ3) is 8.71. The first-order chi connectivity index (χ1) is 15.0. The van der Waals surface area contributed by atoms with Crippen molar-refractivity contribution in [1.29, 1.82) is 0 Å². The van der Waals surface area contributed by atoms with Gasteiger partial charge in [-0.1, -0.05) is 17.2 Å². The minimum Gasteiger partial charge on any atom is -0.489 e. The Hall–Kier alpha value is -2.86. The summed E-state index contributed by atoms with van der Waals surface area (Å²) in [6.07, 6.45) is 6.84. The summed E-state index contributed by atoms with van der Waals surface area (Å²) >= 11 is 0. The standard InChI is InChI=1S/C26H34O6/c1-18(9-13-24(26(4,5)29)31-20(3)27)7-6-8-19(2)15-16-30-22-12-10-21-11-14-25(28)32-23(21)17-22/h7,10-12,14-15,17,24,29H,6,8-9,13,16H2,1-5H3. The number of hydrogen-bond acceptors (Lipinski definition) is 6. The Labute approximate surface area is 189 Å². The molecule has 32 heavy (non-hydrogen) atoms. The highest BCUT2D eigenvalue weighted by Gasteiger charge is 2.29. The lowest BCUT2D eigenvalue weighted by Gasteiger charge is -2.28. The Morgan fingerprint density at radius 2 is 1.78 bits per heavy atom. The second-order valence-electron chi connectivity index (χ2n) is 8.70. The van der Waals surface area contributed by atoms with Gasteiger partial charge in [0.05, 0.1) is 5.60 Å². The maximum absolute atomic E-state index is 11.4. The number of ether oxygens (including phenoxy) is 2. The lowest BCUT2D eigenvalue weighted by Crippen LogP contribution is -2.39. The molecule has 1 aromatic carbocycles. The van der Waals surface area contributed by atoms with Crippen LogP contribution in [0.3, 0.4) is 0 Å². The quantitative estimate of drug-likeness (QED) is 0.288. The van der Waals surface area contributed by atoms with E-state index >= 15 is 0 Å². The second-order valence-corrected chi connectivity index (χ2v) is 8.70. The highest BCUT2D eigenvalue weighted by atomic mass is 16.6. The largest absolute Gasteiger partial charge is 0.489 e. The van der Waals surface area contributed by atoms with E-state index in [-0.39, 0.29) is 11.6 Å². The molecule has 1 N–H and O–H groups in total. The average molecular weight is 443 g/mol. The monoisotopic (exact) mass is 442 g/mol. The summed E-state index contributed by atoms with van der Waals surface area (Å²) in [5.74, 6) is 0.274. The first-order valence-corrected chi connectivity index (χ1v) is 10.9. The number of hydrogen-bond donors (Lipinski definition) is 1. The molecule has 0 amide bonds. The van der Waals surface area contributed by atoms with Crippen molar-refractivity contribution in [3.63, 3.8) is 0 Å². The van der Waals surface area contributed by atoms with Gasteiger partial charge in [0.1, 0.15) is 24.0 Å². The molecule has 1 unspecified atom stereocenters. The summed E-state index contributed by atoms with van der Waals surface area (Å²) < 4.78 is 16.2. The number of fused-ring (bicyclic) bond motifs is 1. The molecule has 0 saturated carbocycles. The first-order valence-electron chi connectivity index (χ1n) is 10.9. The molecule has 2 aromatic rings. The van der Waals surface area contributed by atoms with E-state index in [0.717, 1.165) is 24.6 Å². The van der Waals surface area contributed by atoms with Gasteiger partial charge in [-0.25, -0.2) is 4.79 Å². The van der Waals surface area contributed by atoms with E-state index in [9.17, 15) is 14.7 Å². The van der Waals surface area contributed by atoms with Crippen LogP contribution in [0.15, 0.2) is 62.8 Å². The van der Waals surface area contributed by atoms with Crippen LogP contribution in [0.5, 0.6) is 5.75 Å². The van der Waals surface area contributed by atoms with Crippen molar-refractivity contribution in [3.05, 3.63) is 64.1 Å². The number of benzene rings is 1. The van der Waals surface area contributed by atoms with Crippen LogP contribution in [0.25, 0.3) is 11.0 Å². The van der Waals surface area contributed by atoms with Crippen molar-refractivity contribution >= 4 is 16.9 Å². The van der Waals surface area contributed by atoms with E-state index in [1.165, 1.54) is 24.1 Å².